The Bertz CT molecular complexity index is 1780. The van der Waals surface area contributed by atoms with E-state index in [4.69, 9.17) is 0 Å². The molecule has 242 valence electrons. The molecule has 6 aromatic rings. The predicted molar refractivity (Wildman–Crippen MR) is 170 cm³/mol. The fraction of sp³-hybridized carbons (Fsp3) is 0. The van der Waals surface area contributed by atoms with E-state index >= 15 is 0 Å². The van der Waals surface area contributed by atoms with Crippen LogP contribution in [0.1, 0.15) is 22.8 Å². The number of hydrogen-bond donors (Lipinski definition) is 0. The molecular formula is C34H22CoN10NaO4. The van der Waals surface area contributed by atoms with E-state index < -0.39 is 23.6 Å². The third-order valence-electron chi connectivity index (χ3n) is 5.93. The van der Waals surface area contributed by atoms with Crippen LogP contribution in [0, 0.1) is 0 Å². The summed E-state index contributed by atoms with van der Waals surface area (Å²) in [5.41, 5.74) is 2.10. The van der Waals surface area contributed by atoms with Crippen LogP contribution in [0.15, 0.2) is 154 Å². The topological polar surface area (TPSA) is 219 Å². The zero-order valence-corrected chi connectivity index (χ0v) is 29.2. The Morgan fingerprint density at radius 3 is 1.00 bits per heavy atom. The van der Waals surface area contributed by atoms with E-state index in [2.05, 4.69) is 49.9 Å². The molecule has 0 aliphatic carbocycles. The van der Waals surface area contributed by atoms with Crippen LogP contribution in [0.4, 0.5) is 22.7 Å². The second-order valence-corrected chi connectivity index (χ2v) is 9.31. The van der Waals surface area contributed by atoms with Crippen LogP contribution in [0.25, 0.3) is 0 Å². The van der Waals surface area contributed by atoms with Gasteiger partial charge in [0.1, 0.15) is 0 Å². The van der Waals surface area contributed by atoms with Gasteiger partial charge in [-0.1, -0.05) is 12.1 Å². The van der Waals surface area contributed by atoms with Crippen molar-refractivity contribution < 1.29 is 66.8 Å². The van der Waals surface area contributed by atoms with E-state index in [9.17, 15) is 20.4 Å². The molecule has 0 fully saturated rings. The molecule has 6 heterocycles. The van der Waals surface area contributed by atoms with Gasteiger partial charge in [0.15, 0.2) is 0 Å². The second kappa shape index (κ2) is 20.0. The van der Waals surface area contributed by atoms with Gasteiger partial charge < -0.3 is 20.4 Å². The van der Waals surface area contributed by atoms with Crippen molar-refractivity contribution in [1.82, 2.24) is 29.9 Å². The number of rotatable bonds is 8. The molecule has 6 aromatic heterocycles. The van der Waals surface area contributed by atoms with E-state index in [1.54, 1.807) is 66.9 Å². The monoisotopic (exact) mass is 716 g/mol. The smallest absolute Gasteiger partial charge is 0.857 e. The first-order valence-corrected chi connectivity index (χ1v) is 14.0. The molecular weight excluding hydrogens is 694 g/mol. The second-order valence-electron chi connectivity index (χ2n) is 9.31. The maximum absolute atomic E-state index is 12.1. The quantitative estimate of drug-likeness (QED) is 0.101. The maximum Gasteiger partial charge on any atom is 3.00 e. The van der Waals surface area contributed by atoms with Gasteiger partial charge >= 0.3 is 46.3 Å². The number of aromatic nitrogens is 6. The molecule has 0 atom stereocenters. The van der Waals surface area contributed by atoms with Crippen molar-refractivity contribution in [3.05, 3.63) is 157 Å². The Hall–Kier alpha value is -5.71. The minimum Gasteiger partial charge on any atom is -0.857 e. The Kier molecular flexibility index (Phi) is 15.5. The van der Waals surface area contributed by atoms with Crippen LogP contribution in [0.3, 0.4) is 0 Å². The Balaban J connectivity index is 0.000000260. The number of nitrogens with zero attached hydrogens (tertiary/aromatic N) is 10. The normalized spacial score (nSPS) is 11.7. The van der Waals surface area contributed by atoms with Crippen molar-refractivity contribution in [2.24, 2.45) is 20.0 Å². The summed E-state index contributed by atoms with van der Waals surface area (Å²) >= 11 is 0. The molecule has 50 heavy (non-hydrogen) atoms. The first-order valence-electron chi connectivity index (χ1n) is 14.0. The van der Waals surface area contributed by atoms with Crippen LogP contribution in [0.5, 0.6) is 0 Å². The van der Waals surface area contributed by atoms with Crippen molar-refractivity contribution >= 4 is 46.3 Å². The van der Waals surface area contributed by atoms with Crippen molar-refractivity contribution in [1.29, 1.82) is 0 Å². The third kappa shape index (κ3) is 11.8. The average molecular weight is 717 g/mol. The van der Waals surface area contributed by atoms with Crippen molar-refractivity contribution in [3.63, 3.8) is 0 Å². The molecule has 0 amide bonds. The van der Waals surface area contributed by atoms with Crippen LogP contribution in [0.2, 0.25) is 0 Å². The van der Waals surface area contributed by atoms with Crippen LogP contribution >= 0.6 is 0 Å². The molecule has 0 N–H and O–H groups in total. The molecule has 0 unspecified atom stereocenters. The maximum atomic E-state index is 12.1. The summed E-state index contributed by atoms with van der Waals surface area (Å²) in [6.45, 7) is 0. The van der Waals surface area contributed by atoms with Gasteiger partial charge in [-0.2, -0.15) is 0 Å². The third-order valence-corrected chi connectivity index (χ3v) is 5.93. The van der Waals surface area contributed by atoms with E-state index in [-0.39, 0.29) is 69.1 Å². The fourth-order valence-corrected chi connectivity index (χ4v) is 3.72. The largest absolute Gasteiger partial charge is 3.00 e. The minimum absolute atomic E-state index is 0. The number of pyridine rings is 6. The summed E-state index contributed by atoms with van der Waals surface area (Å²) in [7, 11) is 0. The van der Waals surface area contributed by atoms with E-state index in [1.807, 2.05) is 0 Å². The van der Waals surface area contributed by atoms with E-state index in [0.29, 0.717) is 22.7 Å². The van der Waals surface area contributed by atoms with Crippen molar-refractivity contribution in [3.8, 4) is 0 Å². The SMILES string of the molecule is [Co+3].[Na+].[O-]C(=Nc1ccncc1)c1cccc(C([O-])=Nc2cccnc2)n1.[O-]C(=Nc1ccncc1)c1cccc(C([O-])=Nc2ccncc2)n1. The van der Waals surface area contributed by atoms with Gasteiger partial charge in [0.2, 0.25) is 0 Å². The van der Waals surface area contributed by atoms with E-state index in [0.717, 1.165) is 0 Å². The van der Waals surface area contributed by atoms with Crippen LogP contribution < -0.4 is 50.0 Å². The fourth-order valence-electron chi connectivity index (χ4n) is 3.72. The van der Waals surface area contributed by atoms with Gasteiger partial charge in [-0.25, -0.2) is 9.97 Å². The first-order chi connectivity index (χ1) is 23.4. The van der Waals surface area contributed by atoms with Gasteiger partial charge in [-0.15, -0.1) is 0 Å². The first kappa shape index (κ1) is 38.7. The summed E-state index contributed by atoms with van der Waals surface area (Å²) in [5.74, 6) is -2.18. The predicted octanol–water partition coefficient (Wildman–Crippen LogP) is -1.50. The standard InChI is InChI=1S/2C17H13N5O2.Co.Na/c23-16(20-12-6-9-18-10-7-12)14-4-1-5-15(22-14)17(24)21-13-3-2-8-19-11-13;23-16(20-12-4-8-18-9-5-12)14-2-1-3-15(22-14)17(24)21-13-6-10-19-11-7-13;;/h1-11H,(H,21,24)(H,18,20,23);1-11H,(H,18,20,23)(H,19,21,24);;/q;;+3;+1/p-4. The van der Waals surface area contributed by atoms with Gasteiger partial charge in [-0.3, -0.25) is 39.9 Å². The molecule has 14 nitrogen and oxygen atoms in total. The Morgan fingerprint density at radius 2 is 0.700 bits per heavy atom. The zero-order chi connectivity index (χ0) is 33.6. The molecule has 6 rings (SSSR count). The van der Waals surface area contributed by atoms with Gasteiger partial charge in [0.05, 0.1) is 51.7 Å². The summed E-state index contributed by atoms with van der Waals surface area (Å²) in [6, 6.07) is 22.0. The summed E-state index contributed by atoms with van der Waals surface area (Å²) < 4.78 is 0. The molecule has 0 aromatic carbocycles. The Labute approximate surface area is 318 Å². The number of hydrogen-bond acceptors (Lipinski definition) is 14. The summed E-state index contributed by atoms with van der Waals surface area (Å²) in [4.78, 5) is 39.2. The zero-order valence-electron chi connectivity index (χ0n) is 26.1. The van der Waals surface area contributed by atoms with Crippen LogP contribution in [-0.2, 0) is 16.8 Å². The molecule has 16 heteroatoms. The minimum atomic E-state index is -0.554. The van der Waals surface area contributed by atoms with Gasteiger partial charge in [-0.05, 0) is 72.8 Å². The molecule has 0 radical (unpaired) electrons. The van der Waals surface area contributed by atoms with Gasteiger partial charge in [0, 0.05) is 67.0 Å². The average Bonchev–Trinajstić information content (AvgIpc) is 3.13. The van der Waals surface area contributed by atoms with Crippen molar-refractivity contribution in [2.75, 3.05) is 0 Å². The van der Waals surface area contributed by atoms with Crippen LogP contribution in [-0.4, -0.2) is 53.5 Å². The molecule has 0 saturated heterocycles. The Morgan fingerprint density at radius 1 is 0.380 bits per heavy atom. The van der Waals surface area contributed by atoms with Gasteiger partial charge in [0.25, 0.3) is 0 Å². The molecule has 0 spiro atoms. The van der Waals surface area contributed by atoms with E-state index in [1.165, 1.54) is 67.6 Å². The van der Waals surface area contributed by atoms with Crippen molar-refractivity contribution in [2.45, 2.75) is 0 Å². The summed E-state index contributed by atoms with van der Waals surface area (Å²) in [5, 5.41) is 48.6. The summed E-state index contributed by atoms with van der Waals surface area (Å²) in [6.07, 6.45) is 12.3. The number of aliphatic imine (C=N–C) groups is 4. The molecule has 0 aliphatic heterocycles. The molecule has 0 bridgehead atoms. The molecule has 0 aliphatic rings. The molecule has 0 saturated carbocycles.